The molecule has 0 unspecified atom stereocenters. The third kappa shape index (κ3) is 4.57. The van der Waals surface area contributed by atoms with Crippen LogP contribution >= 0.6 is 0 Å². The number of amides is 1. The van der Waals surface area contributed by atoms with Gasteiger partial charge in [0.1, 0.15) is 11.5 Å². The summed E-state index contributed by atoms with van der Waals surface area (Å²) in [5, 5.41) is 13.8. The van der Waals surface area contributed by atoms with E-state index in [4.69, 9.17) is 4.74 Å². The Kier molecular flexibility index (Phi) is 5.36. The second-order valence-electron chi connectivity index (χ2n) is 5.40. The molecule has 1 amide bonds. The normalized spacial score (nSPS) is 11.0. The Hall–Kier alpha value is -2.82. The van der Waals surface area contributed by atoms with E-state index >= 15 is 0 Å². The first-order valence-electron chi connectivity index (χ1n) is 7.36. The Morgan fingerprint density at radius 3 is 2.65 bits per heavy atom. The highest BCUT2D eigenvalue weighted by Gasteiger charge is 2.07. The molecule has 0 atom stereocenters. The van der Waals surface area contributed by atoms with Crippen molar-refractivity contribution < 1.29 is 14.6 Å². The summed E-state index contributed by atoms with van der Waals surface area (Å²) in [5.74, 6) is 0.328. The summed E-state index contributed by atoms with van der Waals surface area (Å²) in [4.78, 5) is 12.0. The van der Waals surface area contributed by atoms with Gasteiger partial charge in [-0.2, -0.15) is 5.10 Å². The van der Waals surface area contributed by atoms with Crippen molar-refractivity contribution in [2.24, 2.45) is 5.10 Å². The molecule has 0 saturated heterocycles. The molecule has 0 aliphatic rings. The SMILES string of the molecule is Cc1ccccc1C(=O)N/N=C/c1ccc(OC(C)C)cc1O. The fourth-order valence-electron chi connectivity index (χ4n) is 2.03. The second kappa shape index (κ2) is 7.45. The molecule has 2 N–H and O–H groups in total. The van der Waals surface area contributed by atoms with Crippen molar-refractivity contribution in [1.82, 2.24) is 5.43 Å². The van der Waals surface area contributed by atoms with E-state index in [1.165, 1.54) is 12.3 Å². The van der Waals surface area contributed by atoms with E-state index < -0.39 is 0 Å². The smallest absolute Gasteiger partial charge is 0.271 e. The number of ether oxygens (including phenoxy) is 1. The van der Waals surface area contributed by atoms with Gasteiger partial charge in [-0.1, -0.05) is 18.2 Å². The lowest BCUT2D eigenvalue weighted by Gasteiger charge is -2.10. The number of benzene rings is 2. The van der Waals surface area contributed by atoms with E-state index in [9.17, 15) is 9.90 Å². The van der Waals surface area contributed by atoms with Crippen LogP contribution in [0.3, 0.4) is 0 Å². The molecule has 0 aliphatic carbocycles. The molecule has 120 valence electrons. The third-order valence-electron chi connectivity index (χ3n) is 3.13. The van der Waals surface area contributed by atoms with Crippen LogP contribution in [0, 0.1) is 6.92 Å². The van der Waals surface area contributed by atoms with Gasteiger partial charge in [0.25, 0.3) is 5.91 Å². The van der Waals surface area contributed by atoms with Crippen molar-refractivity contribution in [1.29, 1.82) is 0 Å². The van der Waals surface area contributed by atoms with Crippen molar-refractivity contribution in [3.05, 3.63) is 59.2 Å². The number of carbonyl (C=O) groups is 1. The number of phenolic OH excluding ortho intramolecular Hbond substituents is 1. The van der Waals surface area contributed by atoms with Gasteiger partial charge in [-0.25, -0.2) is 5.43 Å². The summed E-state index contributed by atoms with van der Waals surface area (Å²) in [6, 6.07) is 12.2. The fourth-order valence-corrected chi connectivity index (χ4v) is 2.03. The lowest BCUT2D eigenvalue weighted by molar-refractivity contribution is 0.0954. The largest absolute Gasteiger partial charge is 0.507 e. The average molecular weight is 312 g/mol. The molecule has 2 aromatic rings. The number of phenols is 1. The molecule has 0 saturated carbocycles. The van der Waals surface area contributed by atoms with Crippen molar-refractivity contribution >= 4 is 12.1 Å². The van der Waals surface area contributed by atoms with E-state index in [0.717, 1.165) is 5.56 Å². The topological polar surface area (TPSA) is 70.9 Å². The van der Waals surface area contributed by atoms with Crippen LogP contribution in [-0.4, -0.2) is 23.3 Å². The zero-order valence-corrected chi connectivity index (χ0v) is 13.4. The summed E-state index contributed by atoms with van der Waals surface area (Å²) in [5.41, 5.74) is 4.38. The Bertz CT molecular complexity index is 724. The number of hydrogen-bond acceptors (Lipinski definition) is 4. The number of hydrazone groups is 1. The number of aromatic hydroxyl groups is 1. The Balaban J connectivity index is 2.03. The van der Waals surface area contributed by atoms with Crippen LogP contribution in [-0.2, 0) is 0 Å². The predicted molar refractivity (Wildman–Crippen MR) is 90.1 cm³/mol. The van der Waals surface area contributed by atoms with Gasteiger partial charge in [0.15, 0.2) is 0 Å². The van der Waals surface area contributed by atoms with Gasteiger partial charge in [-0.05, 0) is 44.5 Å². The average Bonchev–Trinajstić information content (AvgIpc) is 2.49. The van der Waals surface area contributed by atoms with Gasteiger partial charge in [0.05, 0.1) is 12.3 Å². The third-order valence-corrected chi connectivity index (χ3v) is 3.13. The second-order valence-corrected chi connectivity index (χ2v) is 5.40. The van der Waals surface area contributed by atoms with Crippen LogP contribution in [0.5, 0.6) is 11.5 Å². The minimum absolute atomic E-state index is 0.0299. The van der Waals surface area contributed by atoms with Crippen LogP contribution < -0.4 is 10.2 Å². The lowest BCUT2D eigenvalue weighted by Crippen LogP contribution is -2.18. The molecule has 2 aromatic carbocycles. The maximum absolute atomic E-state index is 12.0. The van der Waals surface area contributed by atoms with Crippen molar-refractivity contribution in [2.45, 2.75) is 26.9 Å². The molecular weight excluding hydrogens is 292 g/mol. The zero-order chi connectivity index (χ0) is 16.8. The summed E-state index contributed by atoms with van der Waals surface area (Å²) >= 11 is 0. The monoisotopic (exact) mass is 312 g/mol. The molecule has 5 nitrogen and oxygen atoms in total. The van der Waals surface area contributed by atoms with Gasteiger partial charge in [-0.3, -0.25) is 4.79 Å². The zero-order valence-electron chi connectivity index (χ0n) is 13.4. The minimum atomic E-state index is -0.293. The van der Waals surface area contributed by atoms with Crippen molar-refractivity contribution in [2.75, 3.05) is 0 Å². The Labute approximate surface area is 135 Å². The van der Waals surface area contributed by atoms with Gasteiger partial charge in [-0.15, -0.1) is 0 Å². The maximum Gasteiger partial charge on any atom is 0.271 e. The Morgan fingerprint density at radius 1 is 1.26 bits per heavy atom. The molecule has 0 heterocycles. The van der Waals surface area contributed by atoms with E-state index in [0.29, 0.717) is 16.9 Å². The standard InChI is InChI=1S/C18H20N2O3/c1-12(2)23-15-9-8-14(17(21)10-15)11-19-20-18(22)16-7-5-4-6-13(16)3/h4-12,21H,1-3H3,(H,20,22)/b19-11+. The van der Waals surface area contributed by atoms with Gasteiger partial charge in [0, 0.05) is 17.2 Å². The summed E-state index contributed by atoms with van der Waals surface area (Å²) in [7, 11) is 0. The summed E-state index contributed by atoms with van der Waals surface area (Å²) in [6.45, 7) is 5.68. The molecule has 5 heteroatoms. The van der Waals surface area contributed by atoms with Gasteiger partial charge < -0.3 is 9.84 Å². The highest BCUT2D eigenvalue weighted by molar-refractivity contribution is 5.96. The number of nitrogens with one attached hydrogen (secondary N) is 1. The lowest BCUT2D eigenvalue weighted by atomic mass is 10.1. The summed E-state index contributed by atoms with van der Waals surface area (Å²) in [6.07, 6.45) is 1.42. The first-order valence-corrected chi connectivity index (χ1v) is 7.36. The first kappa shape index (κ1) is 16.5. The molecule has 0 bridgehead atoms. The number of hydrogen-bond donors (Lipinski definition) is 2. The van der Waals surface area contributed by atoms with Crippen LogP contribution in [0.1, 0.15) is 35.3 Å². The first-order chi connectivity index (χ1) is 11.0. The number of aryl methyl sites for hydroxylation is 1. The molecule has 0 aliphatic heterocycles. The molecule has 0 fully saturated rings. The predicted octanol–water partition coefficient (Wildman–Crippen LogP) is 3.25. The summed E-state index contributed by atoms with van der Waals surface area (Å²) < 4.78 is 5.49. The van der Waals surface area contributed by atoms with Crippen molar-refractivity contribution in [3.63, 3.8) is 0 Å². The molecule has 2 rings (SSSR count). The number of nitrogens with zero attached hydrogens (tertiary/aromatic N) is 1. The number of rotatable bonds is 5. The van der Waals surface area contributed by atoms with Crippen LogP contribution in [0.4, 0.5) is 0 Å². The highest BCUT2D eigenvalue weighted by Crippen LogP contribution is 2.23. The molecule has 23 heavy (non-hydrogen) atoms. The van der Waals surface area contributed by atoms with Crippen LogP contribution in [0.2, 0.25) is 0 Å². The molecule has 0 radical (unpaired) electrons. The number of carbonyl (C=O) groups excluding carboxylic acids is 1. The van der Waals surface area contributed by atoms with Crippen molar-refractivity contribution in [3.8, 4) is 11.5 Å². The van der Waals surface area contributed by atoms with E-state index in [1.54, 1.807) is 24.3 Å². The van der Waals surface area contributed by atoms with Crippen LogP contribution in [0.15, 0.2) is 47.6 Å². The highest BCUT2D eigenvalue weighted by atomic mass is 16.5. The van der Waals surface area contributed by atoms with Gasteiger partial charge >= 0.3 is 0 Å². The van der Waals surface area contributed by atoms with E-state index in [-0.39, 0.29) is 17.8 Å². The van der Waals surface area contributed by atoms with E-state index in [1.807, 2.05) is 32.9 Å². The van der Waals surface area contributed by atoms with E-state index in [2.05, 4.69) is 10.5 Å². The molecule has 0 aromatic heterocycles. The maximum atomic E-state index is 12.0. The Morgan fingerprint density at radius 2 is 2.00 bits per heavy atom. The molecule has 0 spiro atoms. The quantitative estimate of drug-likeness (QED) is 0.657. The minimum Gasteiger partial charge on any atom is -0.507 e. The van der Waals surface area contributed by atoms with Gasteiger partial charge in [0.2, 0.25) is 0 Å². The molecular formula is C18H20N2O3. The van der Waals surface area contributed by atoms with Crippen LogP contribution in [0.25, 0.3) is 0 Å². The fraction of sp³-hybridized carbons (Fsp3) is 0.222.